The summed E-state index contributed by atoms with van der Waals surface area (Å²) in [7, 11) is 0. The van der Waals surface area contributed by atoms with Gasteiger partial charge in [-0.2, -0.15) is 0 Å². The van der Waals surface area contributed by atoms with E-state index >= 15 is 0 Å². The lowest BCUT2D eigenvalue weighted by Crippen LogP contribution is -2.15. The van der Waals surface area contributed by atoms with Gasteiger partial charge in [0.25, 0.3) is 0 Å². The first-order chi connectivity index (χ1) is 16.2. The van der Waals surface area contributed by atoms with Gasteiger partial charge in [0.1, 0.15) is 0 Å². The molecule has 0 bridgehead atoms. The van der Waals surface area contributed by atoms with Crippen molar-refractivity contribution in [1.82, 2.24) is 15.0 Å². The Kier molecular flexibility index (Phi) is 6.39. The molecule has 2 aromatic heterocycles. The summed E-state index contributed by atoms with van der Waals surface area (Å²) in [5, 5.41) is 7.31. The lowest BCUT2D eigenvalue weighted by molar-refractivity contribution is -0.140. The first-order valence-corrected chi connectivity index (χ1v) is 12.2. The average Bonchev–Trinajstić information content (AvgIpc) is 3.20. The molecule has 0 saturated heterocycles. The molecular formula is C26H26N4O2S. The van der Waals surface area contributed by atoms with Crippen molar-refractivity contribution in [3.63, 3.8) is 0 Å². The van der Waals surface area contributed by atoms with E-state index in [9.17, 15) is 4.79 Å². The van der Waals surface area contributed by atoms with E-state index < -0.39 is 5.97 Å². The Morgan fingerprint density at radius 1 is 1.06 bits per heavy atom. The van der Waals surface area contributed by atoms with Crippen molar-refractivity contribution in [2.75, 3.05) is 0 Å². The minimum Gasteiger partial charge on any atom is -0.354 e. The smallest absolute Gasteiger partial charge is 0.331 e. The number of carbonyl (C=O) groups excluding carboxylic acids is 1. The summed E-state index contributed by atoms with van der Waals surface area (Å²) < 4.78 is 0. The van der Waals surface area contributed by atoms with E-state index in [0.717, 1.165) is 44.4 Å². The second kappa shape index (κ2) is 9.75. The highest BCUT2D eigenvalue weighted by Gasteiger charge is 2.22. The highest BCUT2D eigenvalue weighted by molar-refractivity contribution is 7.99. The van der Waals surface area contributed by atoms with Crippen LogP contribution in [0.2, 0.25) is 0 Å². The number of rotatable bonds is 6. The molecule has 1 saturated carbocycles. The van der Waals surface area contributed by atoms with Crippen LogP contribution in [0, 0.1) is 5.92 Å². The van der Waals surface area contributed by atoms with Crippen LogP contribution in [0.4, 0.5) is 0 Å². The summed E-state index contributed by atoms with van der Waals surface area (Å²) in [6.07, 6.45) is 10.4. The molecule has 7 heteroatoms. The third kappa shape index (κ3) is 4.93. The predicted molar refractivity (Wildman–Crippen MR) is 131 cm³/mol. The number of aromatic nitrogens is 3. The molecule has 0 radical (unpaired) electrons. The maximum absolute atomic E-state index is 11.6. The Morgan fingerprint density at radius 2 is 1.85 bits per heavy atom. The van der Waals surface area contributed by atoms with Crippen LogP contribution < -0.4 is 0 Å². The van der Waals surface area contributed by atoms with Gasteiger partial charge in [0.05, 0.1) is 5.71 Å². The van der Waals surface area contributed by atoms with E-state index in [0.29, 0.717) is 11.1 Å². The van der Waals surface area contributed by atoms with Crippen LogP contribution in [0.1, 0.15) is 51.0 Å². The molecule has 0 spiro atoms. The van der Waals surface area contributed by atoms with E-state index in [-0.39, 0.29) is 0 Å². The van der Waals surface area contributed by atoms with Gasteiger partial charge in [-0.15, -0.1) is 0 Å². The first kappa shape index (κ1) is 21.6. The van der Waals surface area contributed by atoms with Crippen LogP contribution >= 0.6 is 11.8 Å². The molecule has 0 unspecified atom stereocenters. The van der Waals surface area contributed by atoms with Crippen molar-refractivity contribution >= 4 is 45.2 Å². The highest BCUT2D eigenvalue weighted by Crippen LogP contribution is 2.37. The number of nitrogens with zero attached hydrogens (tertiary/aromatic N) is 3. The van der Waals surface area contributed by atoms with Crippen LogP contribution in [-0.4, -0.2) is 26.6 Å². The number of benzene rings is 2. The molecule has 168 valence electrons. The van der Waals surface area contributed by atoms with Crippen molar-refractivity contribution in [2.45, 2.75) is 55.5 Å². The third-order valence-corrected chi connectivity index (χ3v) is 7.10. The fraction of sp³-hybridized carbons (Fsp3) is 0.308. The van der Waals surface area contributed by atoms with E-state index in [1.807, 2.05) is 18.2 Å². The van der Waals surface area contributed by atoms with Crippen LogP contribution in [-0.2, 0) is 9.63 Å². The maximum atomic E-state index is 11.6. The molecule has 5 rings (SSSR count). The number of hydrogen-bond donors (Lipinski definition) is 1. The molecular weight excluding hydrogens is 432 g/mol. The zero-order chi connectivity index (χ0) is 22.6. The molecule has 2 aromatic carbocycles. The van der Waals surface area contributed by atoms with Gasteiger partial charge in [-0.25, -0.2) is 14.8 Å². The fourth-order valence-corrected chi connectivity index (χ4v) is 5.49. The Balaban J connectivity index is 1.65. The highest BCUT2D eigenvalue weighted by atomic mass is 32.2. The van der Waals surface area contributed by atoms with Gasteiger partial charge in [0.15, 0.2) is 5.16 Å². The maximum Gasteiger partial charge on any atom is 0.331 e. The number of carbonyl (C=O) groups is 1. The summed E-state index contributed by atoms with van der Waals surface area (Å²) in [6, 6.07) is 14.4. The average molecular weight is 459 g/mol. The van der Waals surface area contributed by atoms with Gasteiger partial charge in [0, 0.05) is 51.6 Å². The van der Waals surface area contributed by atoms with Crippen molar-refractivity contribution in [3.05, 3.63) is 60.4 Å². The lowest BCUT2D eigenvalue weighted by Gasteiger charge is -2.22. The fourth-order valence-electron chi connectivity index (χ4n) is 4.61. The largest absolute Gasteiger partial charge is 0.354 e. The molecule has 1 aliphatic carbocycles. The number of oxime groups is 1. The Morgan fingerprint density at radius 3 is 2.64 bits per heavy atom. The predicted octanol–water partition coefficient (Wildman–Crippen LogP) is 6.50. The van der Waals surface area contributed by atoms with Crippen LogP contribution in [0.3, 0.4) is 0 Å². The number of para-hydroxylation sites is 1. The summed E-state index contributed by atoms with van der Waals surface area (Å²) in [5.74, 6) is 0.127. The second-order valence-electron chi connectivity index (χ2n) is 8.53. The van der Waals surface area contributed by atoms with E-state index in [1.54, 1.807) is 12.4 Å². The molecule has 4 aromatic rings. The van der Waals surface area contributed by atoms with Gasteiger partial charge < -0.3 is 9.82 Å². The minimum atomic E-state index is -0.412. The zero-order valence-electron chi connectivity index (χ0n) is 18.6. The lowest BCUT2D eigenvalue weighted by atomic mass is 9.84. The van der Waals surface area contributed by atoms with Crippen molar-refractivity contribution < 1.29 is 9.63 Å². The van der Waals surface area contributed by atoms with Gasteiger partial charge in [-0.05, 0) is 48.4 Å². The molecule has 0 atom stereocenters. The van der Waals surface area contributed by atoms with Gasteiger partial charge in [-0.3, -0.25) is 0 Å². The first-order valence-electron chi connectivity index (χ1n) is 11.4. The quantitative estimate of drug-likeness (QED) is 0.154. The van der Waals surface area contributed by atoms with E-state index in [4.69, 9.17) is 4.84 Å². The summed E-state index contributed by atoms with van der Waals surface area (Å²) in [4.78, 5) is 30.1. The number of aromatic amines is 1. The molecule has 0 aliphatic heterocycles. The number of fused-ring (bicyclic) bond motifs is 3. The molecule has 1 aliphatic rings. The number of nitrogens with one attached hydrogen (secondary N) is 1. The van der Waals surface area contributed by atoms with Gasteiger partial charge >= 0.3 is 5.97 Å². The van der Waals surface area contributed by atoms with E-state index in [1.165, 1.54) is 50.8 Å². The topological polar surface area (TPSA) is 80.2 Å². The molecule has 0 amide bonds. The molecule has 1 fully saturated rings. The monoisotopic (exact) mass is 458 g/mol. The standard InChI is InChI=1S/C26H26N4O2S/c1-17(31)32-30-24(14-18-8-3-2-4-9-18)21-15-20-19-10-5-6-11-22(19)29-23(20)16-25(21)33-26-27-12-7-13-28-26/h5-7,10-13,15-16,18,29H,2-4,8-9,14H2,1H3. The Hall–Kier alpha value is -3.19. The number of H-pyrrole nitrogens is 1. The van der Waals surface area contributed by atoms with Gasteiger partial charge in [-0.1, -0.05) is 55.5 Å². The van der Waals surface area contributed by atoms with Crippen molar-refractivity contribution in [3.8, 4) is 0 Å². The molecule has 2 heterocycles. The normalized spacial score (nSPS) is 15.2. The van der Waals surface area contributed by atoms with Gasteiger partial charge in [0.2, 0.25) is 0 Å². The molecule has 1 N–H and O–H groups in total. The zero-order valence-corrected chi connectivity index (χ0v) is 19.4. The second-order valence-corrected chi connectivity index (χ2v) is 9.54. The number of hydrogen-bond acceptors (Lipinski definition) is 6. The Bertz CT molecular complexity index is 1310. The van der Waals surface area contributed by atoms with Crippen LogP contribution in [0.5, 0.6) is 0 Å². The van der Waals surface area contributed by atoms with Crippen molar-refractivity contribution in [1.29, 1.82) is 0 Å². The molecule has 6 nitrogen and oxygen atoms in total. The van der Waals surface area contributed by atoms with Crippen molar-refractivity contribution in [2.24, 2.45) is 11.1 Å². The SMILES string of the molecule is CC(=O)ON=C(CC1CCCCC1)c1cc2c(cc1Sc1ncccn1)[nH]c1ccccc12. The van der Waals surface area contributed by atoms with Crippen LogP contribution in [0.15, 0.2) is 70.1 Å². The summed E-state index contributed by atoms with van der Waals surface area (Å²) in [5.41, 5.74) is 3.91. The Labute approximate surface area is 196 Å². The molecule has 33 heavy (non-hydrogen) atoms. The van der Waals surface area contributed by atoms with Crippen LogP contribution in [0.25, 0.3) is 21.8 Å². The minimum absolute atomic E-state index is 0.412. The third-order valence-electron chi connectivity index (χ3n) is 6.15. The summed E-state index contributed by atoms with van der Waals surface area (Å²) >= 11 is 1.50. The van der Waals surface area contributed by atoms with E-state index in [2.05, 4.69) is 44.4 Å². The summed E-state index contributed by atoms with van der Waals surface area (Å²) in [6.45, 7) is 1.39.